The summed E-state index contributed by atoms with van der Waals surface area (Å²) >= 11 is 6.07. The number of nitrogens with zero attached hydrogens (tertiary/aromatic N) is 2. The molecule has 1 aromatic rings. The zero-order valence-electron chi connectivity index (χ0n) is 13.3. The van der Waals surface area contributed by atoms with Crippen molar-refractivity contribution in [2.45, 2.75) is 44.6 Å². The van der Waals surface area contributed by atoms with Crippen LogP contribution < -0.4 is 4.74 Å². The van der Waals surface area contributed by atoms with Crippen LogP contribution >= 0.6 is 11.6 Å². The third-order valence-electron chi connectivity index (χ3n) is 4.36. The van der Waals surface area contributed by atoms with Crippen LogP contribution in [0.2, 0.25) is 5.02 Å². The summed E-state index contributed by atoms with van der Waals surface area (Å²) in [7, 11) is 1.53. The van der Waals surface area contributed by atoms with Crippen molar-refractivity contribution in [3.8, 4) is 5.88 Å². The zero-order valence-corrected chi connectivity index (χ0v) is 14.1. The summed E-state index contributed by atoms with van der Waals surface area (Å²) in [4.78, 5) is 29.9. The van der Waals surface area contributed by atoms with E-state index in [9.17, 15) is 14.7 Å². The molecule has 1 aromatic heterocycles. The second kappa shape index (κ2) is 7.17. The molecule has 0 aliphatic heterocycles. The van der Waals surface area contributed by atoms with Gasteiger partial charge in [0.15, 0.2) is 0 Å². The van der Waals surface area contributed by atoms with Gasteiger partial charge >= 0.3 is 5.97 Å². The molecule has 2 rings (SSSR count). The van der Waals surface area contributed by atoms with Gasteiger partial charge in [0.25, 0.3) is 5.91 Å². The SMILES string of the molecule is CCOc1ncc(C(=O)N(C)C2(C(=O)O)CCCCC2)cc1Cl. The summed E-state index contributed by atoms with van der Waals surface area (Å²) < 4.78 is 5.24. The fraction of sp³-hybridized carbons (Fsp3) is 0.562. The predicted octanol–water partition coefficient (Wildman–Crippen LogP) is 2.99. The molecular formula is C16H21ClN2O4. The van der Waals surface area contributed by atoms with Crippen LogP contribution in [-0.4, -0.2) is 46.1 Å². The van der Waals surface area contributed by atoms with Gasteiger partial charge in [-0.25, -0.2) is 9.78 Å². The Morgan fingerprint density at radius 3 is 2.57 bits per heavy atom. The predicted molar refractivity (Wildman–Crippen MR) is 86.0 cm³/mol. The highest BCUT2D eigenvalue weighted by atomic mass is 35.5. The molecule has 0 spiro atoms. The average Bonchev–Trinajstić information content (AvgIpc) is 2.56. The number of halogens is 1. The van der Waals surface area contributed by atoms with E-state index >= 15 is 0 Å². The molecule has 0 saturated heterocycles. The van der Waals surface area contributed by atoms with Gasteiger partial charge in [0.05, 0.1) is 12.2 Å². The van der Waals surface area contributed by atoms with E-state index in [1.165, 1.54) is 24.2 Å². The zero-order chi connectivity index (χ0) is 17.0. The maximum absolute atomic E-state index is 12.7. The molecule has 1 heterocycles. The van der Waals surface area contributed by atoms with Gasteiger partial charge in [0, 0.05) is 13.2 Å². The van der Waals surface area contributed by atoms with Crippen molar-refractivity contribution in [2.75, 3.05) is 13.7 Å². The van der Waals surface area contributed by atoms with Crippen LogP contribution in [0.1, 0.15) is 49.4 Å². The van der Waals surface area contributed by atoms with E-state index in [2.05, 4.69) is 4.98 Å². The summed E-state index contributed by atoms with van der Waals surface area (Å²) in [5.74, 6) is -1.09. The molecule has 0 aromatic carbocycles. The molecule has 1 aliphatic carbocycles. The third-order valence-corrected chi connectivity index (χ3v) is 4.63. The lowest BCUT2D eigenvalue weighted by Crippen LogP contribution is -2.56. The minimum atomic E-state index is -1.15. The van der Waals surface area contributed by atoms with E-state index in [4.69, 9.17) is 16.3 Å². The first kappa shape index (κ1) is 17.5. The average molecular weight is 341 g/mol. The van der Waals surface area contributed by atoms with Crippen molar-refractivity contribution in [3.05, 3.63) is 22.8 Å². The molecule has 1 aliphatic rings. The molecule has 0 radical (unpaired) electrons. The van der Waals surface area contributed by atoms with Crippen molar-refractivity contribution in [3.63, 3.8) is 0 Å². The van der Waals surface area contributed by atoms with E-state index < -0.39 is 17.4 Å². The maximum atomic E-state index is 12.7. The number of carbonyl (C=O) groups excluding carboxylic acids is 1. The quantitative estimate of drug-likeness (QED) is 0.891. The maximum Gasteiger partial charge on any atom is 0.329 e. The molecule has 1 N–H and O–H groups in total. The molecule has 1 amide bonds. The number of pyridine rings is 1. The number of aliphatic carboxylic acids is 1. The molecule has 1 saturated carbocycles. The second-order valence-corrected chi connectivity index (χ2v) is 6.11. The van der Waals surface area contributed by atoms with Crippen LogP contribution in [0.4, 0.5) is 0 Å². The number of carboxylic acid groups (broad SMARTS) is 1. The Hall–Kier alpha value is -1.82. The number of likely N-dealkylation sites (N-methyl/N-ethyl adjacent to an activating group) is 1. The van der Waals surface area contributed by atoms with Gasteiger partial charge in [-0.2, -0.15) is 0 Å². The van der Waals surface area contributed by atoms with E-state index in [0.29, 0.717) is 19.4 Å². The number of hydrogen-bond acceptors (Lipinski definition) is 4. The highest BCUT2D eigenvalue weighted by Gasteiger charge is 2.45. The van der Waals surface area contributed by atoms with Crippen molar-refractivity contribution in [1.82, 2.24) is 9.88 Å². The fourth-order valence-corrected chi connectivity index (χ4v) is 3.22. The Morgan fingerprint density at radius 2 is 2.04 bits per heavy atom. The number of aromatic nitrogens is 1. The van der Waals surface area contributed by atoms with Crippen LogP contribution in [0.15, 0.2) is 12.3 Å². The molecule has 6 nitrogen and oxygen atoms in total. The van der Waals surface area contributed by atoms with Crippen LogP contribution in [0.25, 0.3) is 0 Å². The van der Waals surface area contributed by atoms with Gasteiger partial charge in [-0.3, -0.25) is 4.79 Å². The van der Waals surface area contributed by atoms with Crippen molar-refractivity contribution in [1.29, 1.82) is 0 Å². The lowest BCUT2D eigenvalue weighted by atomic mass is 9.80. The Morgan fingerprint density at radius 1 is 1.39 bits per heavy atom. The third kappa shape index (κ3) is 3.42. The standard InChI is InChI=1S/C16H21ClN2O4/c1-3-23-13-12(17)9-11(10-18-13)14(20)19(2)16(15(21)22)7-5-4-6-8-16/h9-10H,3-8H2,1-2H3,(H,21,22). The largest absolute Gasteiger partial charge is 0.479 e. The highest BCUT2D eigenvalue weighted by molar-refractivity contribution is 6.32. The van der Waals surface area contributed by atoms with Crippen molar-refractivity contribution >= 4 is 23.5 Å². The fourth-order valence-electron chi connectivity index (χ4n) is 3.00. The van der Waals surface area contributed by atoms with Gasteiger partial charge < -0.3 is 14.7 Å². The van der Waals surface area contributed by atoms with Crippen molar-refractivity contribution in [2.24, 2.45) is 0 Å². The van der Waals surface area contributed by atoms with E-state index in [1.807, 2.05) is 6.92 Å². The summed E-state index contributed by atoms with van der Waals surface area (Å²) in [5.41, 5.74) is -0.896. The van der Waals surface area contributed by atoms with Gasteiger partial charge in [-0.05, 0) is 25.8 Å². The normalized spacial score (nSPS) is 16.7. The number of carbonyl (C=O) groups is 2. The number of amides is 1. The second-order valence-electron chi connectivity index (χ2n) is 5.71. The van der Waals surface area contributed by atoms with Gasteiger partial charge in [-0.15, -0.1) is 0 Å². The molecule has 126 valence electrons. The number of carboxylic acids is 1. The minimum Gasteiger partial charge on any atom is -0.479 e. The minimum absolute atomic E-state index is 0.235. The molecule has 0 bridgehead atoms. The molecule has 0 unspecified atom stereocenters. The molecule has 7 heteroatoms. The van der Waals surface area contributed by atoms with Crippen LogP contribution in [-0.2, 0) is 4.79 Å². The van der Waals surface area contributed by atoms with Crippen LogP contribution in [0, 0.1) is 0 Å². The summed E-state index contributed by atoms with van der Waals surface area (Å²) in [5, 5.41) is 9.90. The smallest absolute Gasteiger partial charge is 0.329 e. The summed E-state index contributed by atoms with van der Waals surface area (Å²) in [6.07, 6.45) is 4.88. The van der Waals surface area contributed by atoms with Gasteiger partial charge in [0.2, 0.25) is 5.88 Å². The van der Waals surface area contributed by atoms with E-state index in [1.54, 1.807) is 0 Å². The van der Waals surface area contributed by atoms with Crippen molar-refractivity contribution < 1.29 is 19.4 Å². The van der Waals surface area contributed by atoms with Crippen LogP contribution in [0.3, 0.4) is 0 Å². The number of rotatable bonds is 5. The first-order valence-corrected chi connectivity index (χ1v) is 8.10. The topological polar surface area (TPSA) is 79.7 Å². The Labute approximate surface area is 140 Å². The molecule has 23 heavy (non-hydrogen) atoms. The monoisotopic (exact) mass is 340 g/mol. The molecule has 0 atom stereocenters. The molecule has 1 fully saturated rings. The Kier molecular flexibility index (Phi) is 5.46. The lowest BCUT2D eigenvalue weighted by Gasteiger charge is -2.41. The van der Waals surface area contributed by atoms with Gasteiger partial charge in [-0.1, -0.05) is 30.9 Å². The molecular weight excluding hydrogens is 320 g/mol. The lowest BCUT2D eigenvalue weighted by molar-refractivity contribution is -0.151. The highest BCUT2D eigenvalue weighted by Crippen LogP contribution is 2.34. The van der Waals surface area contributed by atoms with E-state index in [0.717, 1.165) is 19.3 Å². The van der Waals surface area contributed by atoms with Crippen LogP contribution in [0.5, 0.6) is 5.88 Å². The van der Waals surface area contributed by atoms with Gasteiger partial charge in [0.1, 0.15) is 10.6 Å². The summed E-state index contributed by atoms with van der Waals surface area (Å²) in [6, 6.07) is 1.47. The Bertz CT molecular complexity index is 600. The summed E-state index contributed by atoms with van der Waals surface area (Å²) in [6.45, 7) is 2.23. The number of ether oxygens (including phenoxy) is 1. The first-order chi connectivity index (χ1) is 10.9. The van der Waals surface area contributed by atoms with E-state index in [-0.39, 0.29) is 16.5 Å². The Balaban J connectivity index is 2.27. The number of hydrogen-bond donors (Lipinski definition) is 1. The first-order valence-electron chi connectivity index (χ1n) is 7.72.